The lowest BCUT2D eigenvalue weighted by molar-refractivity contribution is -0.123. The van der Waals surface area contributed by atoms with Gasteiger partial charge < -0.3 is 14.8 Å². The molecule has 1 amide bonds. The molecule has 0 bridgehead atoms. The van der Waals surface area contributed by atoms with Gasteiger partial charge >= 0.3 is 0 Å². The van der Waals surface area contributed by atoms with Crippen molar-refractivity contribution in [3.05, 3.63) is 35.9 Å². The van der Waals surface area contributed by atoms with Crippen LogP contribution >= 0.6 is 11.6 Å². The Hall–Kier alpha value is -2.16. The molecule has 0 spiro atoms. The summed E-state index contributed by atoms with van der Waals surface area (Å²) in [5.74, 6) is 0.366. The minimum absolute atomic E-state index is 0.0696. The first-order chi connectivity index (χ1) is 12.2. The SMILES string of the molecule is O=C(COc1ccc(Cl)cc1-n1cnnc1)NCCN1CCOCC1. The van der Waals surface area contributed by atoms with Crippen LogP contribution in [0, 0.1) is 0 Å². The summed E-state index contributed by atoms with van der Waals surface area (Å²) in [5.41, 5.74) is 0.679. The first kappa shape index (κ1) is 17.7. The van der Waals surface area contributed by atoms with Crippen LogP contribution in [0.3, 0.4) is 0 Å². The lowest BCUT2D eigenvalue weighted by atomic mass is 10.3. The summed E-state index contributed by atoms with van der Waals surface area (Å²) in [6.07, 6.45) is 3.09. The molecule has 1 aliphatic heterocycles. The number of nitrogens with zero attached hydrogens (tertiary/aromatic N) is 4. The van der Waals surface area contributed by atoms with Crippen molar-refractivity contribution in [1.29, 1.82) is 0 Å². The molecule has 1 N–H and O–H groups in total. The van der Waals surface area contributed by atoms with Crippen molar-refractivity contribution >= 4 is 17.5 Å². The van der Waals surface area contributed by atoms with Crippen molar-refractivity contribution in [1.82, 2.24) is 25.0 Å². The Morgan fingerprint density at radius 2 is 2.04 bits per heavy atom. The number of halogens is 1. The third-order valence-electron chi connectivity index (χ3n) is 3.83. The van der Waals surface area contributed by atoms with Gasteiger partial charge in [-0.1, -0.05) is 11.6 Å². The Morgan fingerprint density at radius 1 is 1.28 bits per heavy atom. The summed E-state index contributed by atoms with van der Waals surface area (Å²) >= 11 is 6.04. The first-order valence-electron chi connectivity index (χ1n) is 8.06. The van der Waals surface area contributed by atoms with Crippen LogP contribution in [0.1, 0.15) is 0 Å². The van der Waals surface area contributed by atoms with E-state index in [2.05, 4.69) is 20.4 Å². The number of carbonyl (C=O) groups excluding carboxylic acids is 1. The zero-order valence-electron chi connectivity index (χ0n) is 13.7. The van der Waals surface area contributed by atoms with Gasteiger partial charge in [-0.05, 0) is 18.2 Å². The predicted octanol–water partition coefficient (Wildman–Crippen LogP) is 0.748. The van der Waals surface area contributed by atoms with E-state index < -0.39 is 0 Å². The highest BCUT2D eigenvalue weighted by molar-refractivity contribution is 6.30. The molecule has 2 heterocycles. The lowest BCUT2D eigenvalue weighted by Gasteiger charge is -2.26. The average Bonchev–Trinajstić information content (AvgIpc) is 3.16. The number of morpholine rings is 1. The van der Waals surface area contributed by atoms with Gasteiger partial charge in [0.15, 0.2) is 6.61 Å². The molecule has 0 unspecified atom stereocenters. The molecular formula is C16H20ClN5O3. The van der Waals surface area contributed by atoms with Crippen molar-refractivity contribution in [2.45, 2.75) is 0 Å². The summed E-state index contributed by atoms with van der Waals surface area (Å²) in [7, 11) is 0. The van der Waals surface area contributed by atoms with Crippen LogP contribution in [0.25, 0.3) is 5.69 Å². The van der Waals surface area contributed by atoms with E-state index in [-0.39, 0.29) is 12.5 Å². The standard InChI is InChI=1S/C16H20ClN5O3/c17-13-1-2-15(14(9-13)22-11-19-20-12-22)25-10-16(23)18-3-4-21-5-7-24-8-6-21/h1-2,9,11-12H,3-8,10H2,(H,18,23). The second kappa shape index (κ2) is 8.80. The van der Waals surface area contributed by atoms with E-state index in [9.17, 15) is 4.79 Å². The topological polar surface area (TPSA) is 81.5 Å². The summed E-state index contributed by atoms with van der Waals surface area (Å²) < 4.78 is 12.6. The number of hydrogen-bond acceptors (Lipinski definition) is 6. The van der Waals surface area contributed by atoms with Crippen molar-refractivity contribution in [3.8, 4) is 11.4 Å². The second-order valence-corrected chi connectivity index (χ2v) is 6.01. The molecule has 3 rings (SSSR count). The second-order valence-electron chi connectivity index (χ2n) is 5.57. The van der Waals surface area contributed by atoms with Crippen molar-refractivity contribution < 1.29 is 14.3 Å². The molecule has 0 atom stereocenters. The van der Waals surface area contributed by atoms with Gasteiger partial charge in [-0.25, -0.2) is 0 Å². The average molecular weight is 366 g/mol. The summed E-state index contributed by atoms with van der Waals surface area (Å²) in [6, 6.07) is 5.16. The third-order valence-corrected chi connectivity index (χ3v) is 4.07. The van der Waals surface area contributed by atoms with Crippen molar-refractivity contribution in [2.24, 2.45) is 0 Å². The molecule has 25 heavy (non-hydrogen) atoms. The van der Waals surface area contributed by atoms with Crippen LogP contribution in [0.4, 0.5) is 0 Å². The molecule has 1 fully saturated rings. The maximum absolute atomic E-state index is 12.0. The number of amides is 1. The number of aromatic nitrogens is 3. The summed E-state index contributed by atoms with van der Waals surface area (Å²) in [4.78, 5) is 14.2. The molecule has 1 saturated heterocycles. The highest BCUT2D eigenvalue weighted by atomic mass is 35.5. The smallest absolute Gasteiger partial charge is 0.257 e. The number of carbonyl (C=O) groups is 1. The molecule has 0 radical (unpaired) electrons. The zero-order valence-corrected chi connectivity index (χ0v) is 14.5. The number of ether oxygens (including phenoxy) is 2. The Balaban J connectivity index is 1.49. The van der Waals surface area contributed by atoms with Crippen LogP contribution in [0.15, 0.2) is 30.9 Å². The van der Waals surface area contributed by atoms with Gasteiger partial charge in [0.05, 0.1) is 18.9 Å². The molecule has 2 aromatic rings. The number of rotatable bonds is 7. The maximum Gasteiger partial charge on any atom is 0.257 e. The molecule has 1 aromatic heterocycles. The van der Waals surface area contributed by atoms with Gasteiger partial charge in [0.1, 0.15) is 18.4 Å². The molecule has 0 aliphatic carbocycles. The third kappa shape index (κ3) is 5.15. The van der Waals surface area contributed by atoms with Gasteiger partial charge in [-0.15, -0.1) is 10.2 Å². The van der Waals surface area contributed by atoms with Crippen LogP contribution in [0.2, 0.25) is 5.02 Å². The summed E-state index contributed by atoms with van der Waals surface area (Å²) in [6.45, 7) is 4.63. The monoisotopic (exact) mass is 365 g/mol. The Bertz CT molecular complexity index is 689. The highest BCUT2D eigenvalue weighted by Gasteiger charge is 2.12. The fraction of sp³-hybridized carbons (Fsp3) is 0.438. The van der Waals surface area contributed by atoms with Crippen LogP contribution in [-0.4, -0.2) is 71.6 Å². The van der Waals surface area contributed by atoms with E-state index in [4.69, 9.17) is 21.1 Å². The van der Waals surface area contributed by atoms with Gasteiger partial charge in [0, 0.05) is 31.2 Å². The Morgan fingerprint density at radius 3 is 2.80 bits per heavy atom. The quantitative estimate of drug-likeness (QED) is 0.779. The van der Waals surface area contributed by atoms with E-state index in [0.717, 1.165) is 32.8 Å². The predicted molar refractivity (Wildman–Crippen MR) is 92.1 cm³/mol. The van der Waals surface area contributed by atoms with E-state index in [0.29, 0.717) is 23.0 Å². The Kier molecular flexibility index (Phi) is 6.21. The van der Waals surface area contributed by atoms with Crippen LogP contribution in [-0.2, 0) is 9.53 Å². The van der Waals surface area contributed by atoms with Crippen molar-refractivity contribution in [3.63, 3.8) is 0 Å². The maximum atomic E-state index is 12.0. The number of nitrogens with one attached hydrogen (secondary N) is 1. The molecular weight excluding hydrogens is 346 g/mol. The zero-order chi connectivity index (χ0) is 17.5. The Labute approximate surface area is 150 Å². The number of hydrogen-bond donors (Lipinski definition) is 1. The molecule has 0 saturated carbocycles. The fourth-order valence-corrected chi connectivity index (χ4v) is 2.68. The van der Waals surface area contributed by atoms with Crippen LogP contribution < -0.4 is 10.1 Å². The minimum Gasteiger partial charge on any atom is -0.482 e. The van der Waals surface area contributed by atoms with E-state index in [1.807, 2.05) is 0 Å². The molecule has 134 valence electrons. The highest BCUT2D eigenvalue weighted by Crippen LogP contribution is 2.26. The molecule has 8 nitrogen and oxygen atoms in total. The van der Waals surface area contributed by atoms with E-state index >= 15 is 0 Å². The molecule has 9 heteroatoms. The lowest BCUT2D eigenvalue weighted by Crippen LogP contribution is -2.42. The van der Waals surface area contributed by atoms with Gasteiger partial charge in [-0.2, -0.15) is 0 Å². The molecule has 1 aliphatic rings. The molecule has 1 aromatic carbocycles. The summed E-state index contributed by atoms with van der Waals surface area (Å²) in [5, 5.41) is 11.0. The van der Waals surface area contributed by atoms with Crippen molar-refractivity contribution in [2.75, 3.05) is 46.0 Å². The minimum atomic E-state index is -0.169. The van der Waals surface area contributed by atoms with Gasteiger partial charge in [-0.3, -0.25) is 14.3 Å². The van der Waals surface area contributed by atoms with Gasteiger partial charge in [0.2, 0.25) is 0 Å². The number of benzene rings is 1. The van der Waals surface area contributed by atoms with Crippen LogP contribution in [0.5, 0.6) is 5.75 Å². The van der Waals surface area contributed by atoms with Gasteiger partial charge in [0.25, 0.3) is 5.91 Å². The fourth-order valence-electron chi connectivity index (χ4n) is 2.51. The normalized spacial score (nSPS) is 15.1. The first-order valence-corrected chi connectivity index (χ1v) is 8.44. The largest absolute Gasteiger partial charge is 0.482 e. The van der Waals surface area contributed by atoms with E-state index in [1.54, 1.807) is 35.4 Å². The van der Waals surface area contributed by atoms with E-state index in [1.165, 1.54) is 0 Å².